The zero-order chi connectivity index (χ0) is 15.7. The largest absolute Gasteiger partial charge is 0.305 e. The van der Waals surface area contributed by atoms with Gasteiger partial charge < -0.3 is 5.32 Å². The van der Waals surface area contributed by atoms with Gasteiger partial charge in [0.1, 0.15) is 5.82 Å². The molecule has 3 rings (SSSR count). The van der Waals surface area contributed by atoms with Crippen molar-refractivity contribution in [3.8, 4) is 0 Å². The Hall–Kier alpha value is -3.02. The Morgan fingerprint density at radius 3 is 2.68 bits per heavy atom. The lowest BCUT2D eigenvalue weighted by Crippen LogP contribution is -2.26. The van der Waals surface area contributed by atoms with Gasteiger partial charge in [0, 0.05) is 18.6 Å². The van der Waals surface area contributed by atoms with Gasteiger partial charge in [-0.1, -0.05) is 18.2 Å². The van der Waals surface area contributed by atoms with Crippen molar-refractivity contribution in [3.63, 3.8) is 0 Å². The fourth-order valence-corrected chi connectivity index (χ4v) is 2.19. The van der Waals surface area contributed by atoms with Crippen LogP contribution < -0.4 is 10.7 Å². The second kappa shape index (κ2) is 5.40. The molecule has 1 amide bonds. The second-order valence-corrected chi connectivity index (χ2v) is 4.99. The molecule has 0 radical (unpaired) electrons. The third kappa shape index (κ3) is 2.46. The number of rotatable bonds is 2. The highest BCUT2D eigenvalue weighted by Crippen LogP contribution is 2.09. The summed E-state index contributed by atoms with van der Waals surface area (Å²) in [7, 11) is 1.70. The number of hydrogen-bond acceptors (Lipinski definition) is 4. The molecule has 0 aliphatic carbocycles. The third-order valence-electron chi connectivity index (χ3n) is 3.33. The molecule has 0 atom stereocenters. The van der Waals surface area contributed by atoms with E-state index in [0.29, 0.717) is 16.7 Å². The van der Waals surface area contributed by atoms with Gasteiger partial charge in [0.15, 0.2) is 5.69 Å². The van der Waals surface area contributed by atoms with Crippen molar-refractivity contribution in [2.24, 2.45) is 7.05 Å². The molecule has 0 fully saturated rings. The minimum atomic E-state index is -0.567. The predicted molar refractivity (Wildman–Crippen MR) is 83.9 cm³/mol. The number of benzene rings is 1. The maximum absolute atomic E-state index is 12.4. The van der Waals surface area contributed by atoms with Crippen LogP contribution in [0.1, 0.15) is 16.1 Å². The van der Waals surface area contributed by atoms with E-state index in [2.05, 4.69) is 15.4 Å². The summed E-state index contributed by atoms with van der Waals surface area (Å²) in [5, 5.41) is 7.13. The summed E-state index contributed by atoms with van der Waals surface area (Å²) in [4.78, 5) is 28.8. The first-order valence-corrected chi connectivity index (χ1v) is 6.76. The van der Waals surface area contributed by atoms with Crippen LogP contribution in [0.2, 0.25) is 0 Å². The lowest BCUT2D eigenvalue weighted by Gasteiger charge is -2.08. The molecule has 0 bridgehead atoms. The highest BCUT2D eigenvalue weighted by molar-refractivity contribution is 6.03. The van der Waals surface area contributed by atoms with Gasteiger partial charge >= 0.3 is 0 Å². The van der Waals surface area contributed by atoms with Crippen molar-refractivity contribution in [1.82, 2.24) is 14.8 Å². The molecule has 1 aromatic carbocycles. The van der Waals surface area contributed by atoms with E-state index >= 15 is 0 Å². The summed E-state index contributed by atoms with van der Waals surface area (Å²) in [6.45, 7) is 1.90. The van der Waals surface area contributed by atoms with Gasteiger partial charge in [0.25, 0.3) is 5.91 Å². The molecule has 110 valence electrons. The lowest BCUT2D eigenvalue weighted by molar-refractivity contribution is 0.101. The van der Waals surface area contributed by atoms with Crippen LogP contribution in [0.5, 0.6) is 0 Å². The van der Waals surface area contributed by atoms with Gasteiger partial charge in [0.05, 0.1) is 5.52 Å². The Balaban J connectivity index is 2.02. The van der Waals surface area contributed by atoms with E-state index in [1.165, 1.54) is 4.68 Å². The number of hydrogen-bond donors (Lipinski definition) is 1. The molecule has 2 aromatic heterocycles. The molecule has 22 heavy (non-hydrogen) atoms. The van der Waals surface area contributed by atoms with Gasteiger partial charge in [0.2, 0.25) is 5.43 Å². The molecule has 6 nitrogen and oxygen atoms in total. The normalized spacial score (nSPS) is 10.6. The number of para-hydroxylation sites is 1. The predicted octanol–water partition coefficient (Wildman–Crippen LogP) is 1.89. The summed E-state index contributed by atoms with van der Waals surface area (Å²) in [5.74, 6) is -0.185. The number of aryl methyl sites for hydroxylation is 2. The lowest BCUT2D eigenvalue weighted by atomic mass is 10.2. The molecule has 0 spiro atoms. The molecule has 0 aliphatic heterocycles. The highest BCUT2D eigenvalue weighted by atomic mass is 16.2. The Bertz CT molecular complexity index is 914. The van der Waals surface area contributed by atoms with E-state index < -0.39 is 11.3 Å². The SMILES string of the molecule is Cc1ccc(NC(=O)c2nn(C)c3ccccc3c2=O)nc1. The van der Waals surface area contributed by atoms with Crippen molar-refractivity contribution >= 4 is 22.6 Å². The molecule has 1 N–H and O–H groups in total. The van der Waals surface area contributed by atoms with Crippen molar-refractivity contribution in [2.45, 2.75) is 6.92 Å². The number of carbonyl (C=O) groups is 1. The maximum Gasteiger partial charge on any atom is 0.281 e. The number of carbonyl (C=O) groups excluding carboxylic acids is 1. The summed E-state index contributed by atoms with van der Waals surface area (Å²) in [6.07, 6.45) is 1.64. The average Bonchev–Trinajstić information content (AvgIpc) is 2.53. The maximum atomic E-state index is 12.4. The quantitative estimate of drug-likeness (QED) is 0.783. The van der Waals surface area contributed by atoms with E-state index in [9.17, 15) is 9.59 Å². The van der Waals surface area contributed by atoms with E-state index in [4.69, 9.17) is 0 Å². The van der Waals surface area contributed by atoms with Gasteiger partial charge in [-0.15, -0.1) is 0 Å². The molecule has 0 aliphatic rings. The molecular weight excluding hydrogens is 280 g/mol. The number of nitrogens with zero attached hydrogens (tertiary/aromatic N) is 3. The topological polar surface area (TPSA) is 76.9 Å². The number of anilines is 1. The number of aromatic nitrogens is 3. The van der Waals surface area contributed by atoms with E-state index in [-0.39, 0.29) is 5.69 Å². The summed E-state index contributed by atoms with van der Waals surface area (Å²) in [5.41, 5.74) is 1.12. The third-order valence-corrected chi connectivity index (χ3v) is 3.33. The van der Waals surface area contributed by atoms with Crippen molar-refractivity contribution in [1.29, 1.82) is 0 Å². The molecule has 0 unspecified atom stereocenters. The first-order valence-electron chi connectivity index (χ1n) is 6.76. The van der Waals surface area contributed by atoms with Crippen molar-refractivity contribution in [2.75, 3.05) is 5.32 Å². The molecule has 0 saturated carbocycles. The van der Waals surface area contributed by atoms with Gasteiger partial charge in [-0.25, -0.2) is 4.98 Å². The van der Waals surface area contributed by atoms with Crippen molar-refractivity contribution < 1.29 is 4.79 Å². The first-order chi connectivity index (χ1) is 10.6. The molecule has 2 heterocycles. The Kier molecular flexibility index (Phi) is 3.42. The van der Waals surface area contributed by atoms with Crippen LogP contribution in [0, 0.1) is 6.92 Å². The average molecular weight is 294 g/mol. The van der Waals surface area contributed by atoms with Crippen molar-refractivity contribution in [3.05, 3.63) is 64.1 Å². The van der Waals surface area contributed by atoms with Crippen LogP contribution in [-0.4, -0.2) is 20.7 Å². The zero-order valence-electron chi connectivity index (χ0n) is 12.2. The van der Waals surface area contributed by atoms with Crippen LogP contribution in [0.15, 0.2) is 47.4 Å². The highest BCUT2D eigenvalue weighted by Gasteiger charge is 2.16. The van der Waals surface area contributed by atoms with Gasteiger partial charge in [-0.2, -0.15) is 5.10 Å². The fraction of sp³-hybridized carbons (Fsp3) is 0.125. The first kappa shape index (κ1) is 13.9. The van der Waals surface area contributed by atoms with Crippen LogP contribution in [-0.2, 0) is 7.05 Å². The Morgan fingerprint density at radius 1 is 1.18 bits per heavy atom. The number of amides is 1. The summed E-state index contributed by atoms with van der Waals surface area (Å²) in [6, 6.07) is 10.5. The van der Waals surface area contributed by atoms with Crippen LogP contribution >= 0.6 is 0 Å². The van der Waals surface area contributed by atoms with Gasteiger partial charge in [-0.05, 0) is 30.7 Å². The minimum absolute atomic E-state index is 0.149. The zero-order valence-corrected chi connectivity index (χ0v) is 12.2. The monoisotopic (exact) mass is 294 g/mol. The second-order valence-electron chi connectivity index (χ2n) is 4.99. The van der Waals surface area contributed by atoms with Gasteiger partial charge in [-0.3, -0.25) is 14.3 Å². The molecule has 3 aromatic rings. The Morgan fingerprint density at radius 2 is 1.95 bits per heavy atom. The van der Waals surface area contributed by atoms with E-state index in [1.807, 2.05) is 19.1 Å². The molecular formula is C16H14N4O2. The number of pyridine rings is 1. The fourth-order valence-electron chi connectivity index (χ4n) is 2.19. The Labute approximate surface area is 126 Å². The summed E-state index contributed by atoms with van der Waals surface area (Å²) >= 11 is 0. The van der Waals surface area contributed by atoms with E-state index in [0.717, 1.165) is 5.56 Å². The standard InChI is InChI=1S/C16H14N4O2/c1-10-7-8-13(17-9-10)18-16(22)14-15(21)11-5-3-4-6-12(11)20(2)19-14/h3-9H,1-2H3,(H,17,18,22). The molecule has 0 saturated heterocycles. The van der Waals surface area contributed by atoms with Crippen LogP contribution in [0.4, 0.5) is 5.82 Å². The molecule has 6 heteroatoms. The van der Waals surface area contributed by atoms with Crippen LogP contribution in [0.25, 0.3) is 10.9 Å². The van der Waals surface area contributed by atoms with Crippen LogP contribution in [0.3, 0.4) is 0 Å². The summed E-state index contributed by atoms with van der Waals surface area (Å²) < 4.78 is 1.52. The number of nitrogens with one attached hydrogen (secondary N) is 1. The minimum Gasteiger partial charge on any atom is -0.305 e. The number of fused-ring (bicyclic) bond motifs is 1. The van der Waals surface area contributed by atoms with E-state index in [1.54, 1.807) is 37.5 Å². The smallest absolute Gasteiger partial charge is 0.281 e.